The van der Waals surface area contributed by atoms with Gasteiger partial charge in [0.25, 0.3) is 5.91 Å². The van der Waals surface area contributed by atoms with E-state index in [1.54, 1.807) is 48.5 Å². The van der Waals surface area contributed by atoms with E-state index in [4.69, 9.17) is 63.4 Å². The Labute approximate surface area is 215 Å². The molecule has 166 valence electrons. The van der Waals surface area contributed by atoms with E-state index in [9.17, 15) is 4.79 Å². The molecule has 0 spiro atoms. The van der Waals surface area contributed by atoms with Gasteiger partial charge in [0.05, 0.1) is 20.6 Å². The van der Waals surface area contributed by atoms with Crippen molar-refractivity contribution in [3.63, 3.8) is 0 Å². The molecule has 0 atom stereocenters. The van der Waals surface area contributed by atoms with Crippen LogP contribution in [0.3, 0.4) is 0 Å². The van der Waals surface area contributed by atoms with E-state index in [-0.39, 0.29) is 20.9 Å². The summed E-state index contributed by atoms with van der Waals surface area (Å²) in [7, 11) is 0. The van der Waals surface area contributed by atoms with Gasteiger partial charge in [0.2, 0.25) is 0 Å². The van der Waals surface area contributed by atoms with Gasteiger partial charge in [-0.25, -0.2) is 0 Å². The minimum atomic E-state index is -0.440. The monoisotopic (exact) mass is 534 g/mol. The molecule has 0 heterocycles. The molecule has 9 heteroatoms. The van der Waals surface area contributed by atoms with Gasteiger partial charge in [0.15, 0.2) is 10.9 Å². The molecule has 33 heavy (non-hydrogen) atoms. The first-order valence-electron chi connectivity index (χ1n) is 9.54. The van der Waals surface area contributed by atoms with Crippen molar-refractivity contribution in [1.29, 1.82) is 0 Å². The van der Waals surface area contributed by atoms with Crippen LogP contribution >= 0.6 is 58.6 Å². The van der Waals surface area contributed by atoms with Crippen molar-refractivity contribution in [2.75, 3.05) is 5.32 Å². The van der Waals surface area contributed by atoms with Crippen molar-refractivity contribution in [2.24, 2.45) is 0 Å². The van der Waals surface area contributed by atoms with Crippen molar-refractivity contribution in [3.05, 3.63) is 98.5 Å². The summed E-state index contributed by atoms with van der Waals surface area (Å²) in [6.45, 7) is 0. The number of fused-ring (bicyclic) bond motifs is 1. The summed E-state index contributed by atoms with van der Waals surface area (Å²) in [5.41, 5.74) is 0.779. The number of anilines is 1. The first-order chi connectivity index (χ1) is 15.8. The van der Waals surface area contributed by atoms with Crippen LogP contribution in [0.2, 0.25) is 20.1 Å². The largest absolute Gasteiger partial charge is 0.454 e. The zero-order valence-corrected chi connectivity index (χ0v) is 20.5. The summed E-state index contributed by atoms with van der Waals surface area (Å²) in [5.74, 6) is 0.397. The van der Waals surface area contributed by atoms with Crippen LogP contribution in [0.25, 0.3) is 10.8 Å². The topological polar surface area (TPSA) is 50.4 Å². The molecule has 0 fully saturated rings. The van der Waals surface area contributed by atoms with Gasteiger partial charge in [-0.15, -0.1) is 0 Å². The predicted molar refractivity (Wildman–Crippen MR) is 141 cm³/mol. The molecule has 4 aromatic carbocycles. The average molecular weight is 536 g/mol. The van der Waals surface area contributed by atoms with Crippen LogP contribution < -0.4 is 15.4 Å². The van der Waals surface area contributed by atoms with Gasteiger partial charge in [0.1, 0.15) is 5.75 Å². The molecule has 0 aliphatic carbocycles. The van der Waals surface area contributed by atoms with Gasteiger partial charge >= 0.3 is 0 Å². The third kappa shape index (κ3) is 5.35. The van der Waals surface area contributed by atoms with Gasteiger partial charge in [0, 0.05) is 21.5 Å². The van der Waals surface area contributed by atoms with Crippen molar-refractivity contribution < 1.29 is 9.53 Å². The van der Waals surface area contributed by atoms with Crippen LogP contribution in [-0.4, -0.2) is 11.0 Å². The molecule has 0 unspecified atom stereocenters. The smallest absolute Gasteiger partial charge is 0.258 e. The maximum absolute atomic E-state index is 12.4. The third-order valence-corrected chi connectivity index (χ3v) is 6.07. The number of nitrogens with one attached hydrogen (secondary N) is 2. The molecule has 0 aromatic heterocycles. The zero-order valence-electron chi connectivity index (χ0n) is 16.7. The van der Waals surface area contributed by atoms with Crippen LogP contribution in [-0.2, 0) is 0 Å². The van der Waals surface area contributed by atoms with Gasteiger partial charge in [-0.1, -0.05) is 82.8 Å². The SMILES string of the molecule is O=C(NC(=S)Nc1cc(Cl)c(Oc2ccc(Cl)c3ccccc23)c(Cl)c1)c1ccccc1Cl. The molecule has 2 N–H and O–H groups in total. The second kappa shape index (κ2) is 10.2. The van der Waals surface area contributed by atoms with E-state index >= 15 is 0 Å². The molecule has 4 aromatic rings. The Morgan fingerprint density at radius 1 is 0.758 bits per heavy atom. The fourth-order valence-corrected chi connectivity index (χ4v) is 4.37. The lowest BCUT2D eigenvalue weighted by Gasteiger charge is -2.15. The molecule has 0 bridgehead atoms. The van der Waals surface area contributed by atoms with Crippen LogP contribution in [0.15, 0.2) is 72.8 Å². The number of carbonyl (C=O) groups is 1. The molecular weight excluding hydrogens is 522 g/mol. The average Bonchev–Trinajstić information content (AvgIpc) is 2.78. The summed E-state index contributed by atoms with van der Waals surface area (Å²) in [5, 5.41) is 8.63. The standard InChI is InChI=1S/C24H14Cl4N2O2S/c25-17-8-4-3-7-16(17)23(31)30-24(33)29-13-11-19(27)22(20(28)12-13)32-21-10-9-18(26)14-5-1-2-6-15(14)21/h1-12H,(H2,29,30,31,33). The number of carbonyl (C=O) groups excluding carboxylic acids is 1. The molecule has 4 nitrogen and oxygen atoms in total. The normalized spacial score (nSPS) is 10.7. The van der Waals surface area contributed by atoms with Gasteiger partial charge in [-0.3, -0.25) is 10.1 Å². The highest BCUT2D eigenvalue weighted by Crippen LogP contribution is 2.41. The van der Waals surface area contributed by atoms with Crippen molar-refractivity contribution in [2.45, 2.75) is 0 Å². The lowest BCUT2D eigenvalue weighted by molar-refractivity contribution is 0.0978. The van der Waals surface area contributed by atoms with Crippen LogP contribution in [0.1, 0.15) is 10.4 Å². The number of benzene rings is 4. The van der Waals surface area contributed by atoms with Crippen LogP contribution in [0.4, 0.5) is 5.69 Å². The van der Waals surface area contributed by atoms with E-state index < -0.39 is 5.91 Å². The Morgan fingerprint density at radius 3 is 2.09 bits per heavy atom. The molecule has 1 amide bonds. The third-order valence-electron chi connectivity index (χ3n) is 4.64. The number of rotatable bonds is 4. The number of amides is 1. The Bertz CT molecular complexity index is 1370. The van der Waals surface area contributed by atoms with Crippen molar-refractivity contribution in [3.8, 4) is 11.5 Å². The Hall–Kier alpha value is -2.54. The second-order valence-electron chi connectivity index (χ2n) is 6.85. The van der Waals surface area contributed by atoms with E-state index in [0.29, 0.717) is 27.0 Å². The van der Waals surface area contributed by atoms with E-state index in [1.807, 2.05) is 24.3 Å². The fraction of sp³-hybridized carbons (Fsp3) is 0. The van der Waals surface area contributed by atoms with Gasteiger partial charge in [-0.2, -0.15) is 0 Å². The van der Waals surface area contributed by atoms with Crippen LogP contribution in [0.5, 0.6) is 11.5 Å². The van der Waals surface area contributed by atoms with Crippen LogP contribution in [0, 0.1) is 0 Å². The van der Waals surface area contributed by atoms with E-state index in [0.717, 1.165) is 10.8 Å². The number of halogens is 4. The highest BCUT2D eigenvalue weighted by atomic mass is 35.5. The molecular formula is C24H14Cl4N2O2S. The number of ether oxygens (including phenoxy) is 1. The minimum absolute atomic E-state index is 0.0596. The highest BCUT2D eigenvalue weighted by molar-refractivity contribution is 7.80. The fourth-order valence-electron chi connectivity index (χ4n) is 3.14. The Morgan fingerprint density at radius 2 is 1.39 bits per heavy atom. The van der Waals surface area contributed by atoms with Crippen molar-refractivity contribution in [1.82, 2.24) is 5.32 Å². The zero-order chi connectivity index (χ0) is 23.5. The summed E-state index contributed by atoms with van der Waals surface area (Å²) < 4.78 is 6.04. The molecule has 0 radical (unpaired) electrons. The molecule has 0 saturated heterocycles. The highest BCUT2D eigenvalue weighted by Gasteiger charge is 2.15. The van der Waals surface area contributed by atoms with Gasteiger partial charge < -0.3 is 10.1 Å². The van der Waals surface area contributed by atoms with Gasteiger partial charge in [-0.05, 0) is 48.6 Å². The predicted octanol–water partition coefficient (Wildman–Crippen LogP) is 8.37. The lowest BCUT2D eigenvalue weighted by Crippen LogP contribution is -2.34. The summed E-state index contributed by atoms with van der Waals surface area (Å²) in [6.07, 6.45) is 0. The number of hydrogen-bond donors (Lipinski definition) is 2. The maximum atomic E-state index is 12.4. The Balaban J connectivity index is 1.52. The quantitative estimate of drug-likeness (QED) is 0.258. The first kappa shape index (κ1) is 23.6. The number of thiocarbonyl (C=S) groups is 1. The first-order valence-corrected chi connectivity index (χ1v) is 11.5. The maximum Gasteiger partial charge on any atom is 0.258 e. The molecule has 4 rings (SSSR count). The molecule has 0 aliphatic heterocycles. The summed E-state index contributed by atoms with van der Waals surface area (Å²) in [6, 6.07) is 20.9. The summed E-state index contributed by atoms with van der Waals surface area (Å²) >= 11 is 30.5. The molecule has 0 saturated carbocycles. The summed E-state index contributed by atoms with van der Waals surface area (Å²) in [4.78, 5) is 12.4. The second-order valence-corrected chi connectivity index (χ2v) is 8.89. The number of hydrogen-bond acceptors (Lipinski definition) is 3. The lowest BCUT2D eigenvalue weighted by atomic mass is 10.1. The van der Waals surface area contributed by atoms with E-state index in [2.05, 4.69) is 10.6 Å². The molecule has 0 aliphatic rings. The Kier molecular flexibility index (Phi) is 7.27. The van der Waals surface area contributed by atoms with E-state index in [1.165, 1.54) is 0 Å². The van der Waals surface area contributed by atoms with Crippen molar-refractivity contribution >= 4 is 86.1 Å². The minimum Gasteiger partial charge on any atom is -0.454 e.